The minimum absolute atomic E-state index is 0. The molecule has 2 aliphatic rings. The van der Waals surface area contributed by atoms with Gasteiger partial charge < -0.3 is 14.8 Å². The van der Waals surface area contributed by atoms with Crippen LogP contribution in [0.15, 0.2) is 54.6 Å². The van der Waals surface area contributed by atoms with Gasteiger partial charge in [0.2, 0.25) is 5.91 Å². The standard InChI is InChI=1S/C22H17N2O5.4V/c25-13-29-12-19-16-4-2-1-3-15(16)17-6-5-14(11-18(17)19)23-20(26)9-10-24-21(27)7-8-22(24)28;;;;/h1-8,11,19H,9-10,12H2,(H,23,26);;;;/q-1;;;;. The van der Waals surface area contributed by atoms with Gasteiger partial charge in [-0.2, -0.15) is 0 Å². The Morgan fingerprint density at radius 3 is 2.24 bits per heavy atom. The van der Waals surface area contributed by atoms with Crippen LogP contribution in [0.4, 0.5) is 5.69 Å². The van der Waals surface area contributed by atoms with Gasteiger partial charge in [0.05, 0.1) is 6.61 Å². The molecule has 2 aromatic rings. The van der Waals surface area contributed by atoms with Gasteiger partial charge in [0.1, 0.15) is 0 Å². The first-order valence-corrected chi connectivity index (χ1v) is 9.14. The van der Waals surface area contributed by atoms with Crippen molar-refractivity contribution in [1.82, 2.24) is 4.90 Å². The van der Waals surface area contributed by atoms with E-state index < -0.39 is 11.8 Å². The van der Waals surface area contributed by atoms with Crippen LogP contribution in [0, 0.1) is 0 Å². The summed E-state index contributed by atoms with van der Waals surface area (Å²) >= 11 is 0. The molecule has 1 N–H and O–H groups in total. The zero-order valence-corrected chi connectivity index (χ0v) is 22.8. The molecule has 4 rings (SSSR count). The summed E-state index contributed by atoms with van der Waals surface area (Å²) in [5, 5.41) is 2.80. The Kier molecular flexibility index (Phi) is 13.5. The van der Waals surface area contributed by atoms with Crippen LogP contribution in [0.25, 0.3) is 11.1 Å². The fourth-order valence-corrected chi connectivity index (χ4v) is 3.77. The predicted molar refractivity (Wildman–Crippen MR) is 104 cm³/mol. The minimum atomic E-state index is -0.409. The first-order chi connectivity index (χ1) is 14.1. The molecular weight excluding hydrogens is 576 g/mol. The Morgan fingerprint density at radius 2 is 1.58 bits per heavy atom. The summed E-state index contributed by atoms with van der Waals surface area (Å²) in [5.74, 6) is -1.26. The Bertz CT molecular complexity index is 1040. The van der Waals surface area contributed by atoms with E-state index >= 15 is 0 Å². The van der Waals surface area contributed by atoms with Gasteiger partial charge in [-0.1, -0.05) is 36.8 Å². The van der Waals surface area contributed by atoms with E-state index in [1.165, 1.54) is 18.6 Å². The van der Waals surface area contributed by atoms with Crippen molar-refractivity contribution >= 4 is 29.9 Å². The number of nitrogens with one attached hydrogen (secondary N) is 1. The molecule has 1 unspecified atom stereocenters. The average Bonchev–Trinajstić information content (AvgIpc) is 3.21. The minimum Gasteiger partial charge on any atom is -0.652 e. The number of carbonyl (C=O) groups excluding carboxylic acids is 4. The molecule has 4 radical (unpaired) electrons. The zero-order valence-electron chi connectivity index (χ0n) is 17.2. The summed E-state index contributed by atoms with van der Waals surface area (Å²) in [6.45, 7) is 1.66. The second-order valence-corrected chi connectivity index (χ2v) is 6.80. The van der Waals surface area contributed by atoms with E-state index in [1.54, 1.807) is 6.07 Å². The number of hydrogen-bond donors (Lipinski definition) is 1. The molecule has 0 saturated heterocycles. The zero-order chi connectivity index (χ0) is 20.4. The second-order valence-electron chi connectivity index (χ2n) is 6.80. The van der Waals surface area contributed by atoms with Crippen LogP contribution >= 0.6 is 0 Å². The van der Waals surface area contributed by atoms with Crippen LogP contribution in [0.5, 0.6) is 0 Å². The van der Waals surface area contributed by atoms with Crippen LogP contribution in [-0.2, 0) is 98.1 Å². The molecule has 0 spiro atoms. The average molecular weight is 593 g/mol. The number of imide groups is 1. The molecule has 3 amide bonds. The van der Waals surface area contributed by atoms with E-state index in [1.807, 2.05) is 36.4 Å². The van der Waals surface area contributed by atoms with Crippen LogP contribution in [0.2, 0.25) is 0 Å². The van der Waals surface area contributed by atoms with E-state index in [0.717, 1.165) is 27.2 Å². The van der Waals surface area contributed by atoms with Gasteiger partial charge >= 0.3 is 0 Å². The third kappa shape index (κ3) is 6.81. The quantitative estimate of drug-likeness (QED) is 0.393. The summed E-state index contributed by atoms with van der Waals surface area (Å²) in [5.41, 5.74) is 4.70. The molecule has 1 aliphatic carbocycles. The largest absolute Gasteiger partial charge is 0.652 e. The number of anilines is 1. The van der Waals surface area contributed by atoms with Crippen LogP contribution in [0.1, 0.15) is 23.5 Å². The number of nitrogens with zero attached hydrogens (tertiary/aromatic N) is 1. The number of amides is 3. The van der Waals surface area contributed by atoms with Crippen molar-refractivity contribution in [2.75, 3.05) is 18.5 Å². The van der Waals surface area contributed by atoms with Gasteiger partial charge in [-0.25, -0.2) is 0 Å². The molecule has 33 heavy (non-hydrogen) atoms. The van der Waals surface area contributed by atoms with Crippen LogP contribution in [-0.4, -0.2) is 42.2 Å². The molecule has 1 atom stereocenters. The number of rotatable bonds is 7. The monoisotopic (exact) mass is 593 g/mol. The van der Waals surface area contributed by atoms with Gasteiger partial charge in [0, 0.05) is 111 Å². The van der Waals surface area contributed by atoms with E-state index in [-0.39, 0.29) is 106 Å². The Balaban J connectivity index is 0.00000256. The molecule has 7 nitrogen and oxygen atoms in total. The van der Waals surface area contributed by atoms with Gasteiger partial charge in [-0.05, 0) is 34.4 Å². The molecule has 2 aromatic carbocycles. The first kappa shape index (κ1) is 31.6. The summed E-state index contributed by atoms with van der Waals surface area (Å²) in [6, 6.07) is 13.5. The van der Waals surface area contributed by atoms with Crippen molar-refractivity contribution in [3.63, 3.8) is 0 Å². The molecule has 1 aliphatic heterocycles. The fourth-order valence-electron chi connectivity index (χ4n) is 3.77. The second kappa shape index (κ2) is 14.1. The van der Waals surface area contributed by atoms with Crippen molar-refractivity contribution in [3.05, 3.63) is 65.7 Å². The van der Waals surface area contributed by atoms with Crippen molar-refractivity contribution in [2.45, 2.75) is 12.3 Å². The first-order valence-electron chi connectivity index (χ1n) is 9.14. The molecule has 0 saturated carbocycles. The maximum absolute atomic E-state index is 12.3. The normalized spacial score (nSPS) is 14.5. The summed E-state index contributed by atoms with van der Waals surface area (Å²) in [7, 11) is 0. The topological polar surface area (TPSA) is 92.8 Å². The van der Waals surface area contributed by atoms with Crippen LogP contribution in [0.3, 0.4) is 0 Å². The Hall–Kier alpha value is -1.40. The summed E-state index contributed by atoms with van der Waals surface area (Å²) in [6.07, 6.45) is 2.39. The molecule has 0 aromatic heterocycles. The van der Waals surface area contributed by atoms with E-state index in [9.17, 15) is 19.2 Å². The van der Waals surface area contributed by atoms with Gasteiger partial charge in [-0.15, -0.1) is 0 Å². The Morgan fingerprint density at radius 1 is 0.939 bits per heavy atom. The SMILES string of the molecule is O=[C-]OCC1c2ccccc2-c2ccc(NC(=O)CCN3C(=O)C=CC3=O)cc21.[V].[V].[V].[V]. The molecule has 0 fully saturated rings. The number of benzene rings is 2. The maximum Gasteiger partial charge on any atom is 0.253 e. The van der Waals surface area contributed by atoms with E-state index in [2.05, 4.69) is 5.32 Å². The Labute approximate surface area is 239 Å². The molecule has 11 heteroatoms. The van der Waals surface area contributed by atoms with Crippen molar-refractivity contribution in [2.24, 2.45) is 0 Å². The number of carbonyl (C=O) groups is 3. The predicted octanol–water partition coefficient (Wildman–Crippen LogP) is 2.13. The summed E-state index contributed by atoms with van der Waals surface area (Å²) in [4.78, 5) is 47.0. The van der Waals surface area contributed by atoms with Crippen LogP contribution < -0.4 is 5.32 Å². The van der Waals surface area contributed by atoms with Gasteiger partial charge in [0.25, 0.3) is 11.8 Å². The fraction of sp³-hybridized carbons (Fsp3) is 0.182. The third-order valence-electron chi connectivity index (χ3n) is 5.11. The maximum atomic E-state index is 12.3. The van der Waals surface area contributed by atoms with Crippen molar-refractivity contribution < 1.29 is 98.1 Å². The number of hydrogen-bond acceptors (Lipinski definition) is 5. The van der Waals surface area contributed by atoms with E-state index in [0.29, 0.717) is 5.69 Å². The smallest absolute Gasteiger partial charge is 0.253 e. The van der Waals surface area contributed by atoms with Crippen molar-refractivity contribution in [3.8, 4) is 11.1 Å². The molecule has 0 bridgehead atoms. The molecule has 1 heterocycles. The molecular formula is C22H17N2O5V4-. The number of ether oxygens (including phenoxy) is 1. The third-order valence-corrected chi connectivity index (χ3v) is 5.11. The number of fused-ring (bicyclic) bond motifs is 3. The molecule has 166 valence electrons. The van der Waals surface area contributed by atoms with E-state index in [4.69, 9.17) is 4.74 Å². The summed E-state index contributed by atoms with van der Waals surface area (Å²) < 4.78 is 4.90. The van der Waals surface area contributed by atoms with Gasteiger partial charge in [0.15, 0.2) is 0 Å². The van der Waals surface area contributed by atoms with Crippen molar-refractivity contribution in [1.29, 1.82) is 0 Å². The van der Waals surface area contributed by atoms with Gasteiger partial charge in [-0.3, -0.25) is 19.3 Å².